The van der Waals surface area contributed by atoms with Gasteiger partial charge in [-0.15, -0.1) is 0 Å². The highest BCUT2D eigenvalue weighted by Crippen LogP contribution is 2.41. The van der Waals surface area contributed by atoms with Crippen LogP contribution >= 0.6 is 0 Å². The highest BCUT2D eigenvalue weighted by molar-refractivity contribution is 7.22. The van der Waals surface area contributed by atoms with Crippen LogP contribution in [0.25, 0.3) is 106 Å². The van der Waals surface area contributed by atoms with Crippen LogP contribution in [-0.2, 0) is 0 Å². The Morgan fingerprint density at radius 3 is 1.02 bits per heavy atom. The summed E-state index contributed by atoms with van der Waals surface area (Å²) in [5.41, 5.74) is -9.37. The lowest BCUT2D eigenvalue weighted by Gasteiger charge is -2.39. The Labute approximate surface area is 547 Å². The van der Waals surface area contributed by atoms with Gasteiger partial charge in [-0.2, -0.15) is 9.97 Å². The summed E-state index contributed by atoms with van der Waals surface area (Å²) in [5.74, 6) is -3.65. The summed E-state index contributed by atoms with van der Waals surface area (Å²) in [5, 5.41) is -13.1. The van der Waals surface area contributed by atoms with E-state index in [-0.39, 0.29) is 0 Å². The number of aromatic nitrogens is 6. The normalized spacial score (nSPS) is 21.8. The van der Waals surface area contributed by atoms with E-state index in [1.165, 1.54) is 0 Å². The van der Waals surface area contributed by atoms with E-state index >= 15 is 0 Å². The topological polar surface area (TPSA) is 53.5 Å². The summed E-state index contributed by atoms with van der Waals surface area (Å²) in [6.07, 6.45) is 0. The fourth-order valence-corrected chi connectivity index (χ4v) is 19.8. The van der Waals surface area contributed by atoms with Crippen molar-refractivity contribution in [2.24, 2.45) is 0 Å². The highest BCUT2D eigenvalue weighted by atomic mass is 28.3. The number of para-hydroxylation sites is 6. The molecular weight excluding hydrogens is 1040 g/mol. The molecule has 4 aromatic heterocycles. The molecule has 0 saturated carbocycles. The smallest absolute Gasteiger partial charge is 0.238 e. The predicted octanol–water partition coefficient (Wildman–Crippen LogP) is 11.9. The highest BCUT2D eigenvalue weighted by Gasteiger charge is 2.49. The lowest BCUT2D eigenvalue weighted by Crippen LogP contribution is -2.76. The van der Waals surface area contributed by atoms with Crippen LogP contribution in [0, 0.1) is 0 Å². The second-order valence-electron chi connectivity index (χ2n) is 18.6. The maximum atomic E-state index is 10.8. The van der Waals surface area contributed by atoms with Crippen molar-refractivity contribution in [3.63, 3.8) is 0 Å². The number of fused-ring (bicyclic) bond motifs is 13. The van der Waals surface area contributed by atoms with Crippen molar-refractivity contribution in [3.05, 3.63) is 290 Å². The molecule has 0 N–H and O–H groups in total. The molecule has 6 heterocycles. The first-order chi connectivity index (χ1) is 61.1. The van der Waals surface area contributed by atoms with Crippen LogP contribution in [0.5, 0.6) is 0 Å². The number of hydrogen-bond acceptors (Lipinski definition) is 3. The monoisotopic (exact) mass is 1140 g/mol. The van der Waals surface area contributed by atoms with Gasteiger partial charge in [0.15, 0.2) is 27.8 Å². The Bertz CT molecular complexity index is 7620. The molecule has 8 heteroatoms. The molecule has 6 nitrogen and oxygen atoms in total. The minimum absolute atomic E-state index is 0.601. The van der Waals surface area contributed by atoms with Gasteiger partial charge in [-0.3, -0.25) is 4.57 Å². The zero-order valence-corrected chi connectivity index (χ0v) is 43.2. The van der Waals surface area contributed by atoms with Crippen molar-refractivity contribution < 1.29 is 65.8 Å². The third-order valence-corrected chi connectivity index (χ3v) is 23.2. The van der Waals surface area contributed by atoms with Crippen LogP contribution < -0.4 is 41.5 Å². The zero-order valence-electron chi connectivity index (χ0n) is 89.2. The minimum Gasteiger partial charge on any atom is -0.309 e. The summed E-state index contributed by atoms with van der Waals surface area (Å²) in [4.78, 5) is 14.0. The molecule has 12 aromatic carbocycles. The van der Waals surface area contributed by atoms with Gasteiger partial charge in [0.25, 0.3) is 0 Å². The Morgan fingerprint density at radius 1 is 0.265 bits per heavy atom. The second kappa shape index (κ2) is 17.5. The average molecular weight is 1140 g/mol. The molecule has 0 radical (unpaired) electrons. The van der Waals surface area contributed by atoms with E-state index in [4.69, 9.17) is 21.9 Å². The first kappa shape index (κ1) is 19.6. The Kier molecular flexibility index (Phi) is 4.13. The van der Waals surface area contributed by atoms with E-state index in [9.17, 15) is 43.9 Å². The molecule has 0 aliphatic carbocycles. The number of hydrogen-bond donors (Lipinski definition) is 0. The Hall–Kier alpha value is -10.5. The van der Waals surface area contributed by atoms with Crippen molar-refractivity contribution in [2.45, 2.75) is 0 Å². The second-order valence-corrected chi connectivity index (χ2v) is 25.6. The summed E-state index contributed by atoms with van der Waals surface area (Å²) < 4.78 is 463. The van der Waals surface area contributed by atoms with Gasteiger partial charge in [-0.1, -0.05) is 230 Å². The fraction of sp³-hybridized carbons (Fsp3) is 0. The lowest BCUT2D eigenvalue weighted by molar-refractivity contribution is 0.954. The van der Waals surface area contributed by atoms with Gasteiger partial charge in [-0.25, -0.2) is 4.98 Å². The van der Waals surface area contributed by atoms with Crippen molar-refractivity contribution in [3.8, 4) is 40.1 Å². The molecule has 386 valence electrons. The maximum Gasteiger partial charge on any atom is 0.238 e. The zero-order chi connectivity index (χ0) is 96.2. The van der Waals surface area contributed by atoms with E-state index < -0.39 is 453 Å². The fourth-order valence-electron chi connectivity index (χ4n) is 11.6. The quantitative estimate of drug-likeness (QED) is 0.149. The molecule has 0 fully saturated rings. The van der Waals surface area contributed by atoms with Gasteiger partial charge in [0.05, 0.1) is 98.9 Å². The van der Waals surface area contributed by atoms with Crippen LogP contribution in [0.1, 0.15) is 65.8 Å². The van der Waals surface area contributed by atoms with Crippen LogP contribution in [0.2, 0.25) is 0 Å². The van der Waals surface area contributed by atoms with Gasteiger partial charge in [-0.05, 0) is 102 Å². The van der Waals surface area contributed by atoms with Crippen molar-refractivity contribution in [1.29, 1.82) is 0 Å². The van der Waals surface area contributed by atoms with Crippen LogP contribution in [0.3, 0.4) is 0 Å². The molecule has 18 rings (SSSR count). The average Bonchev–Trinajstić information content (AvgIpc) is 1.55. The molecule has 83 heavy (non-hydrogen) atoms. The van der Waals surface area contributed by atoms with Crippen molar-refractivity contribution in [2.75, 3.05) is 0 Å². The van der Waals surface area contributed by atoms with E-state index in [2.05, 4.69) is 15.0 Å². The molecule has 0 amide bonds. The summed E-state index contributed by atoms with van der Waals surface area (Å²) in [6, 6.07) is -57.2. The van der Waals surface area contributed by atoms with Crippen LogP contribution in [-0.4, -0.2) is 44.8 Å². The first-order valence-electron chi connectivity index (χ1n) is 48.6. The van der Waals surface area contributed by atoms with E-state index in [1.54, 1.807) is 0 Å². The molecule has 2 aliphatic rings. The van der Waals surface area contributed by atoms with E-state index in [1.807, 2.05) is 0 Å². The molecule has 16 aromatic rings. The van der Waals surface area contributed by atoms with E-state index in [0.29, 0.717) is 4.57 Å². The van der Waals surface area contributed by atoms with Crippen LogP contribution in [0.4, 0.5) is 0 Å². The molecule has 0 saturated heterocycles. The summed E-state index contributed by atoms with van der Waals surface area (Å²) >= 11 is 0. The van der Waals surface area contributed by atoms with Crippen LogP contribution in [0.15, 0.2) is 290 Å². The molecule has 0 unspecified atom stereocenters. The van der Waals surface area contributed by atoms with Crippen molar-refractivity contribution in [1.82, 2.24) is 28.7 Å². The predicted molar refractivity (Wildman–Crippen MR) is 348 cm³/mol. The summed E-state index contributed by atoms with van der Waals surface area (Å²) in [6.45, 7) is 0. The van der Waals surface area contributed by atoms with Gasteiger partial charge in [0.1, 0.15) is 0 Å². The largest absolute Gasteiger partial charge is 0.309 e. The van der Waals surface area contributed by atoms with Gasteiger partial charge in [0, 0.05) is 54.8 Å². The molecule has 0 bridgehead atoms. The minimum atomic E-state index is -6.30. The Balaban J connectivity index is 1.08. The number of nitrogens with zero attached hydrogens (tertiary/aromatic N) is 6. The summed E-state index contributed by atoms with van der Waals surface area (Å²) in [7, 11) is -12.6. The number of rotatable bonds is 7. The first-order valence-corrected chi connectivity index (χ1v) is 28.6. The maximum absolute atomic E-state index is 10.8. The van der Waals surface area contributed by atoms with Gasteiger partial charge in [0.2, 0.25) is 5.95 Å². The SMILES string of the molecule is [2H]c1c([2H])c([2H])c([Si]2(c3c([2H])c([2H])c([2H])c([2H])c3[2H])c3c([2H])c([2H])c([2H])c([2H])c3-n3c4c([2H])c([2H])c(-c5nc(-c6c([2H])c([2H])c7c(c6[2H])c6c([2H])c([2H])c([2H])c8c6n7-c6c([2H])c([2H])c([2H])c([2H])c6[Si]8(c6c([2H])c([2H])c([2H])c([2H])c6[2H])c6c([2H])c([2H])c([2H])c([2H])c6[2H])nc(-n6c7c([2H])c([2H])c([2H])c([2H])c7c7c([2H])c([2H])c([2H])c([2H])c76)n5)c([2H])c4c4c([2H])c([2H])c([2H])c2c43)c([2H])c1[2H]. The number of benzene rings is 12. The molecule has 0 atom stereocenters. The molecule has 0 spiro atoms. The lowest BCUT2D eigenvalue weighted by atomic mass is 10.1. The van der Waals surface area contributed by atoms with Crippen molar-refractivity contribution >= 4 is 123 Å². The van der Waals surface area contributed by atoms with E-state index in [0.717, 1.165) is 9.13 Å². The molecular formula is C75H48N6Si2. The Morgan fingerprint density at radius 2 is 0.602 bits per heavy atom. The molecule has 2 aliphatic heterocycles. The third-order valence-electron chi connectivity index (χ3n) is 14.8. The van der Waals surface area contributed by atoms with Gasteiger partial charge < -0.3 is 9.13 Å². The standard InChI is InChI=1S/C75H48N6Si2/c1-5-23-51(24-6-1)82(52-25-7-2-8-26-52)67-39-19-17-37-65(67)79-63-45-43-49(47-59(63)57-33-21-41-69(82)71(57)79)73-76-74(78-75(77-73)81-61-35-15-13-31-55(61)56-32-14-16-36-62(56)81)50-44-46-64-60(48-50)58-34-22-42-70-72(58)80(64)66-38-18-20-40-68(66)83(70,53-27-9-3-10-28-53)54-29-11-4-12-30-54/h1-48H/i1D,2D,3D,4D,5D,6D,7D,8D,9D,10D,11D,12D,13D,14D,15D,16D,17D,18D,19D,20D,21D,22D,23D,24D,25D,26D,27D,28D,29D,30D,31D,32D,33D,34D,35D,36D,37D,38D,39D,40D,41D,42D,43D,44D,45D,46D,47D,48D. The van der Waals surface area contributed by atoms with Gasteiger partial charge >= 0.3 is 0 Å². The third kappa shape index (κ3) is 6.22.